The quantitative estimate of drug-likeness (QED) is 0.675. The van der Waals surface area contributed by atoms with E-state index in [1.807, 2.05) is 19.0 Å². The Hall–Kier alpha value is -1.33. The van der Waals surface area contributed by atoms with Crippen molar-refractivity contribution < 1.29 is 17.6 Å². The van der Waals surface area contributed by atoms with Gasteiger partial charge in [0.25, 0.3) is 0 Å². The molecule has 146 valence electrons. The molecule has 0 fully saturated rings. The van der Waals surface area contributed by atoms with Crippen molar-refractivity contribution in [2.75, 3.05) is 51.9 Å². The average Bonchev–Trinajstić information content (AvgIpc) is 2.88. The lowest BCUT2D eigenvalue weighted by Crippen LogP contribution is -2.43. The van der Waals surface area contributed by atoms with Crippen LogP contribution in [0.25, 0.3) is 10.2 Å². The number of rotatable bonds is 7. The van der Waals surface area contributed by atoms with Gasteiger partial charge in [0, 0.05) is 20.1 Å². The Bertz CT molecular complexity index is 873. The molecule has 26 heavy (non-hydrogen) atoms. The van der Waals surface area contributed by atoms with Crippen LogP contribution in [0.2, 0.25) is 0 Å². The van der Waals surface area contributed by atoms with Gasteiger partial charge in [0.15, 0.2) is 5.13 Å². The van der Waals surface area contributed by atoms with Crippen LogP contribution in [-0.2, 0) is 14.8 Å². The molecule has 7 nitrogen and oxygen atoms in total. The van der Waals surface area contributed by atoms with Crippen molar-refractivity contribution in [3.8, 4) is 0 Å². The highest BCUT2D eigenvalue weighted by molar-refractivity contribution is 7.88. The Morgan fingerprint density at radius 1 is 1.23 bits per heavy atom. The third-order valence-electron chi connectivity index (χ3n) is 3.57. The smallest absolute Gasteiger partial charge is 0.244 e. The first-order chi connectivity index (χ1) is 11.6. The highest BCUT2D eigenvalue weighted by Gasteiger charge is 2.24. The number of carbonyl (C=O) groups is 1. The van der Waals surface area contributed by atoms with Crippen molar-refractivity contribution in [2.45, 2.75) is 0 Å². The summed E-state index contributed by atoms with van der Waals surface area (Å²) in [5.74, 6) is -0.750. The number of amides is 1. The summed E-state index contributed by atoms with van der Waals surface area (Å²) in [7, 11) is 1.63. The van der Waals surface area contributed by atoms with Crippen LogP contribution < -0.4 is 4.90 Å². The van der Waals surface area contributed by atoms with Gasteiger partial charge in [-0.25, -0.2) is 17.8 Å². The second-order valence-electron chi connectivity index (χ2n) is 5.98. The molecule has 0 unspecified atom stereocenters. The minimum atomic E-state index is -3.47. The lowest BCUT2D eigenvalue weighted by molar-refractivity contribution is -0.118. The molecule has 1 amide bonds. The molecule has 0 N–H and O–H groups in total. The molecule has 0 aliphatic carbocycles. The first kappa shape index (κ1) is 22.7. The first-order valence-corrected chi connectivity index (χ1v) is 10.2. The number of aromatic nitrogens is 1. The summed E-state index contributed by atoms with van der Waals surface area (Å²) in [5.41, 5.74) is 0.598. The SMILES string of the molecule is CN(C)CCN(C(=O)CN(C)S(C)(=O)=O)c1nc2ccc(F)cc2s1.Cl. The molecule has 0 spiro atoms. The fourth-order valence-electron chi connectivity index (χ4n) is 2.02. The topological polar surface area (TPSA) is 73.8 Å². The van der Waals surface area contributed by atoms with Crippen LogP contribution in [0.4, 0.5) is 9.52 Å². The van der Waals surface area contributed by atoms with Crippen molar-refractivity contribution >= 4 is 55.0 Å². The van der Waals surface area contributed by atoms with E-state index < -0.39 is 10.0 Å². The average molecular weight is 425 g/mol. The van der Waals surface area contributed by atoms with Crippen LogP contribution in [0.1, 0.15) is 0 Å². The largest absolute Gasteiger partial charge is 0.308 e. The van der Waals surface area contributed by atoms with E-state index in [0.29, 0.717) is 28.4 Å². The maximum Gasteiger partial charge on any atom is 0.244 e. The highest BCUT2D eigenvalue weighted by atomic mass is 35.5. The minimum absolute atomic E-state index is 0. The molecule has 0 saturated carbocycles. The molecule has 1 aromatic heterocycles. The number of hydrogen-bond donors (Lipinski definition) is 0. The Morgan fingerprint density at radius 3 is 2.46 bits per heavy atom. The second kappa shape index (κ2) is 9.05. The van der Waals surface area contributed by atoms with E-state index in [2.05, 4.69) is 4.98 Å². The Kier molecular flexibility index (Phi) is 7.90. The highest BCUT2D eigenvalue weighted by Crippen LogP contribution is 2.29. The number of hydrogen-bond acceptors (Lipinski definition) is 6. The van der Waals surface area contributed by atoms with Crippen LogP contribution in [0.15, 0.2) is 18.2 Å². The van der Waals surface area contributed by atoms with E-state index in [9.17, 15) is 17.6 Å². The number of thiazole rings is 1. The molecule has 0 radical (unpaired) electrons. The van der Waals surface area contributed by atoms with Crippen molar-refractivity contribution in [2.24, 2.45) is 0 Å². The fraction of sp³-hybridized carbons (Fsp3) is 0.467. The number of halogens is 2. The lowest BCUT2D eigenvalue weighted by Gasteiger charge is -2.24. The van der Waals surface area contributed by atoms with Crippen molar-refractivity contribution in [3.63, 3.8) is 0 Å². The van der Waals surface area contributed by atoms with E-state index in [0.717, 1.165) is 10.6 Å². The summed E-state index contributed by atoms with van der Waals surface area (Å²) in [6, 6.07) is 4.24. The number of benzene rings is 1. The first-order valence-electron chi connectivity index (χ1n) is 7.50. The van der Waals surface area contributed by atoms with Gasteiger partial charge in [0.2, 0.25) is 15.9 Å². The van der Waals surface area contributed by atoms with E-state index in [1.165, 1.54) is 35.4 Å². The normalized spacial score (nSPS) is 11.8. The van der Waals surface area contributed by atoms with Gasteiger partial charge in [-0.15, -0.1) is 12.4 Å². The predicted octanol–water partition coefficient (Wildman–Crippen LogP) is 1.64. The summed E-state index contributed by atoms with van der Waals surface area (Å²) in [4.78, 5) is 20.4. The molecule has 0 bridgehead atoms. The predicted molar refractivity (Wildman–Crippen MR) is 105 cm³/mol. The maximum atomic E-state index is 13.4. The Balaban J connectivity index is 0.00000338. The molecular weight excluding hydrogens is 403 g/mol. The van der Waals surface area contributed by atoms with Crippen molar-refractivity contribution in [3.05, 3.63) is 24.0 Å². The molecule has 0 aliphatic heterocycles. The fourth-order valence-corrected chi connectivity index (χ4v) is 3.40. The lowest BCUT2D eigenvalue weighted by atomic mass is 10.3. The van der Waals surface area contributed by atoms with Crippen LogP contribution >= 0.6 is 23.7 Å². The molecule has 0 saturated heterocycles. The summed E-state index contributed by atoms with van der Waals surface area (Å²) in [6.07, 6.45) is 1.05. The summed E-state index contributed by atoms with van der Waals surface area (Å²) in [5, 5.41) is 0.425. The zero-order chi connectivity index (χ0) is 18.8. The van der Waals surface area contributed by atoms with Gasteiger partial charge in [-0.2, -0.15) is 4.31 Å². The Morgan fingerprint density at radius 2 is 1.88 bits per heavy atom. The molecule has 0 aliphatic rings. The zero-order valence-corrected chi connectivity index (χ0v) is 17.4. The minimum Gasteiger partial charge on any atom is -0.308 e. The zero-order valence-electron chi connectivity index (χ0n) is 15.0. The molecule has 1 aromatic carbocycles. The van der Waals surface area contributed by atoms with Crippen LogP contribution in [0.3, 0.4) is 0 Å². The van der Waals surface area contributed by atoms with Gasteiger partial charge in [-0.3, -0.25) is 9.69 Å². The molecular formula is C15H22ClFN4O3S2. The van der Waals surface area contributed by atoms with Gasteiger partial charge in [0.1, 0.15) is 5.82 Å². The molecule has 11 heteroatoms. The monoisotopic (exact) mass is 424 g/mol. The number of sulfonamides is 1. The van der Waals surface area contributed by atoms with Gasteiger partial charge in [-0.05, 0) is 32.3 Å². The van der Waals surface area contributed by atoms with E-state index >= 15 is 0 Å². The third kappa shape index (κ3) is 5.85. The standard InChI is InChI=1S/C15H21FN4O3S2.ClH/c1-18(2)7-8-20(14(21)10-19(3)25(4,22)23)15-17-12-6-5-11(16)9-13(12)24-15;/h5-6,9H,7-8,10H2,1-4H3;1H. The molecule has 2 rings (SSSR count). The summed E-state index contributed by atoms with van der Waals surface area (Å²) < 4.78 is 38.1. The number of anilines is 1. The molecule has 2 aromatic rings. The van der Waals surface area contributed by atoms with E-state index in [1.54, 1.807) is 6.07 Å². The van der Waals surface area contributed by atoms with Gasteiger partial charge in [-0.1, -0.05) is 11.3 Å². The molecule has 1 heterocycles. The van der Waals surface area contributed by atoms with Crippen LogP contribution in [-0.4, -0.2) is 75.5 Å². The van der Waals surface area contributed by atoms with E-state index in [4.69, 9.17) is 0 Å². The Labute approximate surface area is 162 Å². The van der Waals surface area contributed by atoms with Crippen molar-refractivity contribution in [1.82, 2.24) is 14.2 Å². The number of fused-ring (bicyclic) bond motifs is 1. The molecule has 0 atom stereocenters. The van der Waals surface area contributed by atoms with Gasteiger partial charge in [0.05, 0.1) is 23.0 Å². The van der Waals surface area contributed by atoms with Crippen LogP contribution in [0.5, 0.6) is 0 Å². The maximum absolute atomic E-state index is 13.4. The number of likely N-dealkylation sites (N-methyl/N-ethyl adjacent to an activating group) is 2. The third-order valence-corrected chi connectivity index (χ3v) is 5.87. The van der Waals surface area contributed by atoms with Gasteiger partial charge >= 0.3 is 0 Å². The summed E-state index contributed by atoms with van der Waals surface area (Å²) >= 11 is 1.20. The van der Waals surface area contributed by atoms with E-state index in [-0.39, 0.29) is 30.7 Å². The van der Waals surface area contributed by atoms with Crippen molar-refractivity contribution in [1.29, 1.82) is 0 Å². The van der Waals surface area contributed by atoms with Crippen LogP contribution in [0, 0.1) is 5.82 Å². The number of nitrogens with zero attached hydrogens (tertiary/aromatic N) is 4. The number of carbonyl (C=O) groups excluding carboxylic acids is 1. The second-order valence-corrected chi connectivity index (χ2v) is 9.07. The summed E-state index contributed by atoms with van der Waals surface area (Å²) in [6.45, 7) is 0.654. The van der Waals surface area contributed by atoms with Gasteiger partial charge < -0.3 is 4.90 Å².